The Balaban J connectivity index is 1.98. The summed E-state index contributed by atoms with van der Waals surface area (Å²) >= 11 is 0. The number of amides is 1. The van der Waals surface area contributed by atoms with Gasteiger partial charge in [0.1, 0.15) is 0 Å². The SMILES string of the molecule is CCC(O)C(CC(C)NC(=O)c1ccccc1)(c1ccccc1)c1ccccc1. The standard InChI is InChI=1S/C26H29NO2/c1-3-24(28)26(22-15-9-5-10-16-22,23-17-11-6-12-18-23)19-20(2)27-25(29)21-13-7-4-8-14-21/h4-18,20,24,28H,3,19H2,1-2H3,(H,27,29). The molecular weight excluding hydrogens is 358 g/mol. The summed E-state index contributed by atoms with van der Waals surface area (Å²) < 4.78 is 0. The minimum absolute atomic E-state index is 0.0980. The Morgan fingerprint density at radius 3 is 1.76 bits per heavy atom. The van der Waals surface area contributed by atoms with Crippen molar-refractivity contribution in [2.45, 2.75) is 44.2 Å². The fraction of sp³-hybridized carbons (Fsp3) is 0.269. The summed E-state index contributed by atoms with van der Waals surface area (Å²) in [5.74, 6) is -0.0980. The number of carbonyl (C=O) groups is 1. The summed E-state index contributed by atoms with van der Waals surface area (Å²) in [6.45, 7) is 4.00. The van der Waals surface area contributed by atoms with E-state index >= 15 is 0 Å². The number of aliphatic hydroxyl groups is 1. The molecule has 0 radical (unpaired) electrons. The predicted molar refractivity (Wildman–Crippen MR) is 118 cm³/mol. The van der Waals surface area contributed by atoms with Crippen molar-refractivity contribution in [3.05, 3.63) is 108 Å². The van der Waals surface area contributed by atoms with E-state index < -0.39 is 11.5 Å². The fourth-order valence-electron chi connectivity index (χ4n) is 4.17. The van der Waals surface area contributed by atoms with Crippen LogP contribution in [0.25, 0.3) is 0 Å². The first-order chi connectivity index (χ1) is 14.1. The van der Waals surface area contributed by atoms with E-state index in [1.807, 2.05) is 80.6 Å². The maximum Gasteiger partial charge on any atom is 0.251 e. The van der Waals surface area contributed by atoms with E-state index in [-0.39, 0.29) is 11.9 Å². The first kappa shape index (κ1) is 20.8. The van der Waals surface area contributed by atoms with E-state index in [1.54, 1.807) is 0 Å². The summed E-state index contributed by atoms with van der Waals surface area (Å²) in [6, 6.07) is 29.3. The molecule has 0 bridgehead atoms. The van der Waals surface area contributed by atoms with Crippen LogP contribution in [0.4, 0.5) is 0 Å². The number of aliphatic hydroxyl groups excluding tert-OH is 1. The van der Waals surface area contributed by atoms with Gasteiger partial charge >= 0.3 is 0 Å². The highest BCUT2D eigenvalue weighted by Crippen LogP contribution is 2.41. The molecule has 2 unspecified atom stereocenters. The Kier molecular flexibility index (Phi) is 6.84. The van der Waals surface area contributed by atoms with Gasteiger partial charge in [-0.15, -0.1) is 0 Å². The van der Waals surface area contributed by atoms with Crippen LogP contribution in [0.1, 0.15) is 48.2 Å². The average Bonchev–Trinajstić information content (AvgIpc) is 2.78. The first-order valence-corrected chi connectivity index (χ1v) is 10.2. The van der Waals surface area contributed by atoms with Crippen LogP contribution in [0.3, 0.4) is 0 Å². The van der Waals surface area contributed by atoms with Gasteiger partial charge in [-0.05, 0) is 43.0 Å². The Labute approximate surface area is 173 Å². The molecule has 0 aliphatic rings. The predicted octanol–water partition coefficient (Wildman–Crippen LogP) is 4.95. The van der Waals surface area contributed by atoms with E-state index in [4.69, 9.17) is 0 Å². The number of hydrogen-bond acceptors (Lipinski definition) is 2. The summed E-state index contributed by atoms with van der Waals surface area (Å²) in [7, 11) is 0. The van der Waals surface area contributed by atoms with Gasteiger partial charge in [-0.1, -0.05) is 85.8 Å². The van der Waals surface area contributed by atoms with E-state index in [1.165, 1.54) is 0 Å². The molecule has 0 aliphatic heterocycles. The Morgan fingerprint density at radius 2 is 1.31 bits per heavy atom. The van der Waals surface area contributed by atoms with Crippen LogP contribution in [-0.4, -0.2) is 23.2 Å². The van der Waals surface area contributed by atoms with Gasteiger partial charge in [0.2, 0.25) is 0 Å². The molecule has 0 heterocycles. The zero-order chi connectivity index (χ0) is 20.7. The fourth-order valence-corrected chi connectivity index (χ4v) is 4.17. The van der Waals surface area contributed by atoms with Crippen molar-refractivity contribution in [3.8, 4) is 0 Å². The third-order valence-electron chi connectivity index (χ3n) is 5.58. The molecule has 0 spiro atoms. The van der Waals surface area contributed by atoms with Crippen LogP contribution in [0.2, 0.25) is 0 Å². The van der Waals surface area contributed by atoms with Crippen LogP contribution in [-0.2, 0) is 5.41 Å². The molecule has 0 saturated heterocycles. The van der Waals surface area contributed by atoms with Gasteiger partial charge in [-0.3, -0.25) is 4.79 Å². The number of hydrogen-bond donors (Lipinski definition) is 2. The van der Waals surface area contributed by atoms with Crippen LogP contribution in [0, 0.1) is 0 Å². The van der Waals surface area contributed by atoms with Gasteiger partial charge in [0.25, 0.3) is 5.91 Å². The molecule has 3 aromatic carbocycles. The quantitative estimate of drug-likeness (QED) is 0.574. The van der Waals surface area contributed by atoms with Crippen molar-refractivity contribution in [2.75, 3.05) is 0 Å². The molecule has 29 heavy (non-hydrogen) atoms. The average molecular weight is 388 g/mol. The topological polar surface area (TPSA) is 49.3 Å². The third kappa shape index (κ3) is 4.57. The summed E-state index contributed by atoms with van der Waals surface area (Å²) in [5.41, 5.74) is 2.14. The van der Waals surface area contributed by atoms with Crippen molar-refractivity contribution in [1.82, 2.24) is 5.32 Å². The van der Waals surface area contributed by atoms with Crippen LogP contribution < -0.4 is 5.32 Å². The molecule has 2 N–H and O–H groups in total. The third-order valence-corrected chi connectivity index (χ3v) is 5.58. The Hall–Kier alpha value is -2.91. The van der Waals surface area contributed by atoms with Crippen molar-refractivity contribution in [3.63, 3.8) is 0 Å². The lowest BCUT2D eigenvalue weighted by atomic mass is 9.66. The second-order valence-corrected chi connectivity index (χ2v) is 7.57. The monoisotopic (exact) mass is 387 g/mol. The maximum absolute atomic E-state index is 12.7. The van der Waals surface area contributed by atoms with Gasteiger partial charge in [0.05, 0.1) is 6.10 Å². The molecule has 3 nitrogen and oxygen atoms in total. The van der Waals surface area contributed by atoms with Crippen LogP contribution in [0.5, 0.6) is 0 Å². The Bertz CT molecular complexity index is 854. The Morgan fingerprint density at radius 1 is 0.862 bits per heavy atom. The number of rotatable bonds is 8. The van der Waals surface area contributed by atoms with E-state index in [0.717, 1.165) is 11.1 Å². The maximum atomic E-state index is 12.7. The first-order valence-electron chi connectivity index (χ1n) is 10.2. The molecular formula is C26H29NO2. The molecule has 0 saturated carbocycles. The molecule has 2 atom stereocenters. The lowest BCUT2D eigenvalue weighted by Gasteiger charge is -2.41. The van der Waals surface area contributed by atoms with E-state index in [0.29, 0.717) is 18.4 Å². The number of carbonyl (C=O) groups excluding carboxylic acids is 1. The van der Waals surface area contributed by atoms with E-state index in [2.05, 4.69) is 29.6 Å². The molecule has 3 aromatic rings. The molecule has 0 fully saturated rings. The van der Waals surface area contributed by atoms with Crippen molar-refractivity contribution in [1.29, 1.82) is 0 Å². The molecule has 3 heteroatoms. The smallest absolute Gasteiger partial charge is 0.251 e. The van der Waals surface area contributed by atoms with Crippen molar-refractivity contribution >= 4 is 5.91 Å². The van der Waals surface area contributed by atoms with Gasteiger partial charge in [-0.25, -0.2) is 0 Å². The highest BCUT2D eigenvalue weighted by atomic mass is 16.3. The largest absolute Gasteiger partial charge is 0.392 e. The number of nitrogens with one attached hydrogen (secondary N) is 1. The second-order valence-electron chi connectivity index (χ2n) is 7.57. The highest BCUT2D eigenvalue weighted by Gasteiger charge is 2.41. The summed E-state index contributed by atoms with van der Waals surface area (Å²) in [4.78, 5) is 12.7. The van der Waals surface area contributed by atoms with Gasteiger partial charge in [0.15, 0.2) is 0 Å². The summed E-state index contributed by atoms with van der Waals surface area (Å²) in [5, 5.41) is 14.4. The van der Waals surface area contributed by atoms with Crippen LogP contribution >= 0.6 is 0 Å². The zero-order valence-corrected chi connectivity index (χ0v) is 17.1. The van der Waals surface area contributed by atoms with Crippen molar-refractivity contribution < 1.29 is 9.90 Å². The molecule has 150 valence electrons. The molecule has 0 aromatic heterocycles. The van der Waals surface area contributed by atoms with Crippen LogP contribution in [0.15, 0.2) is 91.0 Å². The summed E-state index contributed by atoms with van der Waals surface area (Å²) in [6.07, 6.45) is 0.626. The minimum Gasteiger partial charge on any atom is -0.392 e. The second kappa shape index (κ2) is 9.53. The number of benzene rings is 3. The normalized spacial score (nSPS) is 13.5. The highest BCUT2D eigenvalue weighted by molar-refractivity contribution is 5.94. The lowest BCUT2D eigenvalue weighted by Crippen LogP contribution is -2.46. The molecule has 0 aliphatic carbocycles. The van der Waals surface area contributed by atoms with Gasteiger partial charge in [-0.2, -0.15) is 0 Å². The van der Waals surface area contributed by atoms with Crippen molar-refractivity contribution in [2.24, 2.45) is 0 Å². The molecule has 3 rings (SSSR count). The zero-order valence-electron chi connectivity index (χ0n) is 17.1. The van der Waals surface area contributed by atoms with E-state index in [9.17, 15) is 9.90 Å². The minimum atomic E-state index is -0.610. The van der Waals surface area contributed by atoms with Gasteiger partial charge in [0, 0.05) is 17.0 Å². The lowest BCUT2D eigenvalue weighted by molar-refractivity contribution is 0.0804. The van der Waals surface area contributed by atoms with Gasteiger partial charge < -0.3 is 10.4 Å². The molecule has 1 amide bonds.